The van der Waals surface area contributed by atoms with Crippen LogP contribution in [0.25, 0.3) is 0 Å². The van der Waals surface area contributed by atoms with E-state index in [1.807, 2.05) is 55.5 Å². The third-order valence-corrected chi connectivity index (χ3v) is 4.02. The monoisotopic (exact) mass is 380 g/mol. The van der Waals surface area contributed by atoms with Crippen molar-refractivity contribution in [3.05, 3.63) is 59.7 Å². The predicted octanol–water partition coefficient (Wildman–Crippen LogP) is 3.02. The molecule has 1 amide bonds. The molecule has 146 valence electrons. The van der Waals surface area contributed by atoms with E-state index < -0.39 is 0 Å². The van der Waals surface area contributed by atoms with Crippen molar-refractivity contribution in [1.82, 2.24) is 20.2 Å². The highest BCUT2D eigenvalue weighted by Gasteiger charge is 2.06. The van der Waals surface area contributed by atoms with Gasteiger partial charge in [-0.15, -0.1) is 0 Å². The molecule has 0 saturated heterocycles. The Morgan fingerprint density at radius 3 is 2.79 bits per heavy atom. The maximum atomic E-state index is 12.1. The Morgan fingerprint density at radius 2 is 2.00 bits per heavy atom. The van der Waals surface area contributed by atoms with Crippen molar-refractivity contribution in [2.45, 2.75) is 33.4 Å². The number of hydrogen-bond donors (Lipinski definition) is 2. The topological polar surface area (TPSA) is 94.0 Å². The van der Waals surface area contributed by atoms with Crippen molar-refractivity contribution < 1.29 is 9.53 Å². The highest BCUT2D eigenvalue weighted by molar-refractivity contribution is 5.91. The van der Waals surface area contributed by atoms with Crippen LogP contribution in [0.15, 0.2) is 48.5 Å². The fourth-order valence-electron chi connectivity index (χ4n) is 2.60. The first-order chi connectivity index (χ1) is 13.6. The van der Waals surface area contributed by atoms with Gasteiger partial charge in [0.1, 0.15) is 5.75 Å². The average Bonchev–Trinajstić information content (AvgIpc) is 3.14. The van der Waals surface area contributed by atoms with Crippen molar-refractivity contribution in [3.63, 3.8) is 0 Å². The molecule has 28 heavy (non-hydrogen) atoms. The van der Waals surface area contributed by atoms with Crippen molar-refractivity contribution in [1.29, 1.82) is 0 Å². The van der Waals surface area contributed by atoms with Crippen LogP contribution >= 0.6 is 0 Å². The predicted molar refractivity (Wildman–Crippen MR) is 107 cm³/mol. The standard InChI is InChI=1S/C20H24N6O2/c1-3-11-26-20(23-24-25-26)21-13-16-5-4-6-18(12-16)28-14-19(27)22-17-9-7-15(2)8-10-17/h4-10,12H,3,11,13-14H2,1-2H3,(H,22,27)(H,21,23,25). The number of nitrogens with zero attached hydrogens (tertiary/aromatic N) is 4. The molecule has 0 radical (unpaired) electrons. The summed E-state index contributed by atoms with van der Waals surface area (Å²) in [6.45, 7) is 5.33. The van der Waals surface area contributed by atoms with Gasteiger partial charge in [-0.3, -0.25) is 4.79 Å². The molecule has 1 heterocycles. The largest absolute Gasteiger partial charge is 0.484 e. The summed E-state index contributed by atoms with van der Waals surface area (Å²) in [6.07, 6.45) is 0.952. The summed E-state index contributed by atoms with van der Waals surface area (Å²) >= 11 is 0. The van der Waals surface area contributed by atoms with Gasteiger partial charge in [0.05, 0.1) is 0 Å². The Morgan fingerprint density at radius 1 is 1.18 bits per heavy atom. The van der Waals surface area contributed by atoms with E-state index in [1.165, 1.54) is 0 Å². The first kappa shape index (κ1) is 19.3. The zero-order valence-corrected chi connectivity index (χ0v) is 16.1. The molecule has 0 fully saturated rings. The van der Waals surface area contributed by atoms with E-state index in [1.54, 1.807) is 4.68 Å². The lowest BCUT2D eigenvalue weighted by molar-refractivity contribution is -0.118. The van der Waals surface area contributed by atoms with E-state index in [9.17, 15) is 4.79 Å². The molecule has 0 aliphatic carbocycles. The second-order valence-electron chi connectivity index (χ2n) is 6.43. The third kappa shape index (κ3) is 5.54. The average molecular weight is 380 g/mol. The highest BCUT2D eigenvalue weighted by Crippen LogP contribution is 2.15. The minimum absolute atomic E-state index is 0.0560. The number of benzene rings is 2. The van der Waals surface area contributed by atoms with Crippen molar-refractivity contribution in [3.8, 4) is 5.75 Å². The lowest BCUT2D eigenvalue weighted by Crippen LogP contribution is -2.20. The van der Waals surface area contributed by atoms with Gasteiger partial charge in [-0.1, -0.05) is 41.9 Å². The van der Waals surface area contributed by atoms with E-state index in [0.717, 1.165) is 29.8 Å². The van der Waals surface area contributed by atoms with Gasteiger partial charge >= 0.3 is 0 Å². The Bertz CT molecular complexity index is 907. The number of amides is 1. The van der Waals surface area contributed by atoms with Gasteiger partial charge in [-0.25, -0.2) is 4.68 Å². The molecule has 0 spiro atoms. The van der Waals surface area contributed by atoms with Crippen LogP contribution in [0, 0.1) is 6.92 Å². The molecule has 0 unspecified atom stereocenters. The molecule has 2 N–H and O–H groups in total. The molecule has 0 bridgehead atoms. The Balaban J connectivity index is 1.50. The normalized spacial score (nSPS) is 10.5. The molecule has 2 aromatic carbocycles. The minimum Gasteiger partial charge on any atom is -0.484 e. The molecular formula is C20H24N6O2. The van der Waals surface area contributed by atoms with Crippen molar-refractivity contribution >= 4 is 17.5 Å². The number of aromatic nitrogens is 4. The highest BCUT2D eigenvalue weighted by atomic mass is 16.5. The molecule has 0 aliphatic heterocycles. The second kappa shape index (κ2) is 9.50. The second-order valence-corrected chi connectivity index (χ2v) is 6.43. The lowest BCUT2D eigenvalue weighted by Gasteiger charge is -2.10. The van der Waals surface area contributed by atoms with E-state index in [-0.39, 0.29) is 12.5 Å². The van der Waals surface area contributed by atoms with Gasteiger partial charge in [-0.2, -0.15) is 0 Å². The fraction of sp³-hybridized carbons (Fsp3) is 0.300. The van der Waals surface area contributed by atoms with Crippen LogP contribution in [0.1, 0.15) is 24.5 Å². The maximum Gasteiger partial charge on any atom is 0.262 e. The van der Waals surface area contributed by atoms with E-state index in [4.69, 9.17) is 4.74 Å². The number of hydrogen-bond acceptors (Lipinski definition) is 6. The summed E-state index contributed by atoms with van der Waals surface area (Å²) < 4.78 is 7.35. The molecule has 8 heteroatoms. The van der Waals surface area contributed by atoms with E-state index >= 15 is 0 Å². The summed E-state index contributed by atoms with van der Waals surface area (Å²) in [5.74, 6) is 1.06. The summed E-state index contributed by atoms with van der Waals surface area (Å²) in [4.78, 5) is 12.1. The van der Waals surface area contributed by atoms with Gasteiger partial charge in [0.15, 0.2) is 6.61 Å². The lowest BCUT2D eigenvalue weighted by atomic mass is 10.2. The van der Waals surface area contributed by atoms with Crippen LogP contribution in [-0.2, 0) is 17.9 Å². The SMILES string of the molecule is CCCn1nnnc1NCc1cccc(OCC(=O)Nc2ccc(C)cc2)c1. The van der Waals surface area contributed by atoms with Crippen molar-refractivity contribution in [2.24, 2.45) is 0 Å². The van der Waals surface area contributed by atoms with Crippen LogP contribution in [0.2, 0.25) is 0 Å². The van der Waals surface area contributed by atoms with E-state index in [2.05, 4.69) is 33.1 Å². The van der Waals surface area contributed by atoms with Crippen LogP contribution in [-0.4, -0.2) is 32.7 Å². The van der Waals surface area contributed by atoms with Crippen LogP contribution in [0.5, 0.6) is 5.75 Å². The van der Waals surface area contributed by atoms with E-state index in [0.29, 0.717) is 18.2 Å². The van der Waals surface area contributed by atoms with Crippen LogP contribution in [0.4, 0.5) is 11.6 Å². The molecule has 3 aromatic rings. The van der Waals surface area contributed by atoms with Gasteiger partial charge in [0.25, 0.3) is 5.91 Å². The van der Waals surface area contributed by atoms with Crippen LogP contribution < -0.4 is 15.4 Å². The number of carbonyl (C=O) groups excluding carboxylic acids is 1. The van der Waals surface area contributed by atoms with Crippen molar-refractivity contribution in [2.75, 3.05) is 17.2 Å². The molecule has 1 aromatic heterocycles. The quantitative estimate of drug-likeness (QED) is 0.593. The van der Waals surface area contributed by atoms with Crippen LogP contribution in [0.3, 0.4) is 0 Å². The van der Waals surface area contributed by atoms with Gasteiger partial charge < -0.3 is 15.4 Å². The number of ether oxygens (including phenoxy) is 1. The zero-order valence-electron chi connectivity index (χ0n) is 16.1. The zero-order chi connectivity index (χ0) is 19.8. The molecule has 0 aliphatic rings. The minimum atomic E-state index is -0.203. The first-order valence-electron chi connectivity index (χ1n) is 9.22. The van der Waals surface area contributed by atoms with Gasteiger partial charge in [-0.05, 0) is 53.6 Å². The Labute approximate surface area is 163 Å². The number of aryl methyl sites for hydroxylation is 2. The fourth-order valence-corrected chi connectivity index (χ4v) is 2.60. The number of anilines is 2. The maximum absolute atomic E-state index is 12.1. The van der Waals surface area contributed by atoms with Gasteiger partial charge in [0, 0.05) is 18.8 Å². The molecule has 0 saturated carbocycles. The Kier molecular flexibility index (Phi) is 6.56. The number of tetrazole rings is 1. The molecule has 0 atom stereocenters. The molecular weight excluding hydrogens is 356 g/mol. The number of nitrogens with one attached hydrogen (secondary N) is 2. The molecule has 3 rings (SSSR count). The summed E-state index contributed by atoms with van der Waals surface area (Å²) in [7, 11) is 0. The number of rotatable bonds is 9. The first-order valence-corrected chi connectivity index (χ1v) is 9.22. The van der Waals surface area contributed by atoms with Gasteiger partial charge in [0.2, 0.25) is 5.95 Å². The summed E-state index contributed by atoms with van der Waals surface area (Å²) in [5, 5.41) is 17.7. The Hall–Kier alpha value is -3.42. The summed E-state index contributed by atoms with van der Waals surface area (Å²) in [5.41, 5.74) is 2.90. The number of carbonyl (C=O) groups is 1. The molecule has 8 nitrogen and oxygen atoms in total. The summed E-state index contributed by atoms with van der Waals surface area (Å²) in [6, 6.07) is 15.2. The third-order valence-electron chi connectivity index (χ3n) is 4.02. The smallest absolute Gasteiger partial charge is 0.262 e.